The normalized spacial score (nSPS) is 24.9. The van der Waals surface area contributed by atoms with E-state index in [0.717, 1.165) is 12.7 Å². The van der Waals surface area contributed by atoms with Crippen molar-refractivity contribution in [2.45, 2.75) is 57.8 Å². The zero-order valence-electron chi connectivity index (χ0n) is 11.2. The molecule has 2 atom stereocenters. The van der Waals surface area contributed by atoms with Crippen LogP contribution in [0.1, 0.15) is 40.0 Å². The summed E-state index contributed by atoms with van der Waals surface area (Å²) in [6.45, 7) is 5.31. The second kappa shape index (κ2) is 5.44. The molecular formula is C11H21NO5S. The van der Waals surface area contributed by atoms with E-state index in [2.05, 4.69) is 5.32 Å². The van der Waals surface area contributed by atoms with Crippen molar-refractivity contribution in [1.29, 1.82) is 0 Å². The Kier molecular flexibility index (Phi) is 4.61. The Bertz CT molecular complexity index is 398. The maximum Gasteiger partial charge on any atom is 0.407 e. The van der Waals surface area contributed by atoms with Gasteiger partial charge in [0, 0.05) is 0 Å². The van der Waals surface area contributed by atoms with Crippen LogP contribution in [0.4, 0.5) is 4.79 Å². The summed E-state index contributed by atoms with van der Waals surface area (Å²) in [5.74, 6) is 0. The van der Waals surface area contributed by atoms with Gasteiger partial charge in [0.25, 0.3) is 10.1 Å². The van der Waals surface area contributed by atoms with Crippen LogP contribution < -0.4 is 5.32 Å². The molecule has 1 aliphatic carbocycles. The van der Waals surface area contributed by atoms with Crippen molar-refractivity contribution < 1.29 is 22.1 Å². The predicted molar refractivity (Wildman–Crippen MR) is 66.7 cm³/mol. The molecule has 0 radical (unpaired) electrons. The van der Waals surface area contributed by atoms with Gasteiger partial charge in [0.05, 0.1) is 18.4 Å². The fourth-order valence-electron chi connectivity index (χ4n) is 1.89. The first kappa shape index (κ1) is 15.2. The molecule has 0 saturated heterocycles. The van der Waals surface area contributed by atoms with E-state index in [9.17, 15) is 13.2 Å². The maximum atomic E-state index is 11.6. The van der Waals surface area contributed by atoms with Crippen LogP contribution in [0, 0.1) is 0 Å². The zero-order chi connectivity index (χ0) is 14.0. The number of hydrogen-bond donors (Lipinski definition) is 1. The summed E-state index contributed by atoms with van der Waals surface area (Å²) in [6.07, 6.45) is 2.10. The quantitative estimate of drug-likeness (QED) is 0.790. The van der Waals surface area contributed by atoms with Crippen LogP contribution >= 0.6 is 0 Å². The van der Waals surface area contributed by atoms with Crippen LogP contribution in [0.15, 0.2) is 0 Å². The fourth-order valence-corrected chi connectivity index (χ4v) is 2.57. The van der Waals surface area contributed by atoms with Gasteiger partial charge in [-0.15, -0.1) is 0 Å². The van der Waals surface area contributed by atoms with E-state index in [0.29, 0.717) is 12.8 Å². The Hall–Kier alpha value is -0.820. The van der Waals surface area contributed by atoms with Gasteiger partial charge >= 0.3 is 6.09 Å². The van der Waals surface area contributed by atoms with Crippen molar-refractivity contribution in [3.05, 3.63) is 0 Å². The molecule has 0 aliphatic heterocycles. The molecule has 0 unspecified atom stereocenters. The van der Waals surface area contributed by atoms with E-state index in [1.54, 1.807) is 20.8 Å². The monoisotopic (exact) mass is 279 g/mol. The minimum Gasteiger partial charge on any atom is -0.444 e. The number of nitrogens with one attached hydrogen (secondary N) is 1. The first-order chi connectivity index (χ1) is 8.07. The van der Waals surface area contributed by atoms with Crippen LogP contribution in [0.2, 0.25) is 0 Å². The average Bonchev–Trinajstić information content (AvgIpc) is 2.45. The van der Waals surface area contributed by atoms with Crippen molar-refractivity contribution in [3.63, 3.8) is 0 Å². The van der Waals surface area contributed by atoms with Gasteiger partial charge in [-0.2, -0.15) is 8.42 Å². The van der Waals surface area contributed by atoms with E-state index in [4.69, 9.17) is 8.92 Å². The lowest BCUT2D eigenvalue weighted by Crippen LogP contribution is -2.44. The molecule has 1 aliphatic rings. The van der Waals surface area contributed by atoms with Crippen LogP contribution in [-0.4, -0.2) is 38.5 Å². The van der Waals surface area contributed by atoms with Crippen molar-refractivity contribution in [2.24, 2.45) is 0 Å². The molecule has 1 amide bonds. The lowest BCUT2D eigenvalue weighted by Gasteiger charge is -2.24. The van der Waals surface area contributed by atoms with E-state index in [-0.39, 0.29) is 6.04 Å². The molecule has 0 aromatic rings. The predicted octanol–water partition coefficient (Wildman–Crippen LogP) is 1.41. The SMILES string of the molecule is CC(C)(C)OC(=O)N[C@H]1CCC[C@@H]1OS(C)(=O)=O. The third-order valence-corrected chi connectivity index (χ3v) is 3.05. The fraction of sp³-hybridized carbons (Fsp3) is 0.909. The largest absolute Gasteiger partial charge is 0.444 e. The molecule has 1 rings (SSSR count). The first-order valence-electron chi connectivity index (χ1n) is 5.94. The van der Waals surface area contributed by atoms with Crippen molar-refractivity contribution >= 4 is 16.2 Å². The molecule has 1 saturated carbocycles. The summed E-state index contributed by atoms with van der Waals surface area (Å²) in [7, 11) is -3.50. The average molecular weight is 279 g/mol. The Morgan fingerprint density at radius 1 is 1.28 bits per heavy atom. The molecule has 0 heterocycles. The van der Waals surface area contributed by atoms with Crippen molar-refractivity contribution in [3.8, 4) is 0 Å². The maximum absolute atomic E-state index is 11.6. The minimum absolute atomic E-state index is 0.311. The molecule has 106 valence electrons. The number of hydrogen-bond acceptors (Lipinski definition) is 5. The third kappa shape index (κ3) is 5.68. The summed E-state index contributed by atoms with van der Waals surface area (Å²) >= 11 is 0. The number of carbonyl (C=O) groups is 1. The van der Waals surface area contributed by atoms with Gasteiger partial charge < -0.3 is 10.1 Å². The van der Waals surface area contributed by atoms with E-state index in [1.807, 2.05) is 0 Å². The highest BCUT2D eigenvalue weighted by atomic mass is 32.2. The molecule has 6 nitrogen and oxygen atoms in total. The highest BCUT2D eigenvalue weighted by molar-refractivity contribution is 7.86. The number of alkyl carbamates (subject to hydrolysis) is 1. The highest BCUT2D eigenvalue weighted by Gasteiger charge is 2.33. The molecule has 0 bridgehead atoms. The molecule has 1 N–H and O–H groups in total. The number of ether oxygens (including phenoxy) is 1. The first-order valence-corrected chi connectivity index (χ1v) is 7.76. The summed E-state index contributed by atoms with van der Waals surface area (Å²) in [5.41, 5.74) is -0.574. The van der Waals surface area contributed by atoms with E-state index < -0.39 is 27.9 Å². The molecule has 18 heavy (non-hydrogen) atoms. The molecule has 7 heteroatoms. The molecular weight excluding hydrogens is 258 g/mol. The topological polar surface area (TPSA) is 81.7 Å². The highest BCUT2D eigenvalue weighted by Crippen LogP contribution is 2.23. The molecule has 1 fully saturated rings. The second-order valence-corrected chi connectivity index (χ2v) is 7.12. The summed E-state index contributed by atoms with van der Waals surface area (Å²) in [4.78, 5) is 11.6. The summed E-state index contributed by atoms with van der Waals surface area (Å²) < 4.78 is 32.2. The van der Waals surface area contributed by atoms with Crippen LogP contribution in [0.5, 0.6) is 0 Å². The Labute approximate surface area is 108 Å². The molecule has 0 aromatic carbocycles. The Balaban J connectivity index is 2.53. The van der Waals surface area contributed by atoms with Gasteiger partial charge in [-0.1, -0.05) is 0 Å². The van der Waals surface area contributed by atoms with Gasteiger partial charge in [0.1, 0.15) is 5.60 Å². The zero-order valence-corrected chi connectivity index (χ0v) is 12.0. The Morgan fingerprint density at radius 3 is 2.39 bits per heavy atom. The molecule has 0 spiro atoms. The van der Waals surface area contributed by atoms with Gasteiger partial charge in [0.15, 0.2) is 0 Å². The smallest absolute Gasteiger partial charge is 0.407 e. The van der Waals surface area contributed by atoms with Gasteiger partial charge in [-0.05, 0) is 40.0 Å². The van der Waals surface area contributed by atoms with E-state index >= 15 is 0 Å². The van der Waals surface area contributed by atoms with Crippen molar-refractivity contribution in [2.75, 3.05) is 6.26 Å². The van der Waals surface area contributed by atoms with Gasteiger partial charge in [-0.3, -0.25) is 4.18 Å². The lowest BCUT2D eigenvalue weighted by atomic mass is 10.2. The summed E-state index contributed by atoms with van der Waals surface area (Å²) in [5, 5.41) is 2.66. The van der Waals surface area contributed by atoms with Crippen molar-refractivity contribution in [1.82, 2.24) is 5.32 Å². The second-order valence-electron chi connectivity index (χ2n) is 5.52. The number of amides is 1. The molecule has 0 aromatic heterocycles. The third-order valence-electron chi connectivity index (χ3n) is 2.45. The Morgan fingerprint density at radius 2 is 1.89 bits per heavy atom. The van der Waals surface area contributed by atoms with Crippen LogP contribution in [-0.2, 0) is 19.0 Å². The minimum atomic E-state index is -3.50. The number of carbonyl (C=O) groups excluding carboxylic acids is 1. The van der Waals surface area contributed by atoms with E-state index in [1.165, 1.54) is 0 Å². The number of rotatable bonds is 3. The van der Waals surface area contributed by atoms with Crippen LogP contribution in [0.25, 0.3) is 0 Å². The summed E-state index contributed by atoms with van der Waals surface area (Å²) in [6, 6.07) is -0.311. The van der Waals surface area contributed by atoms with Gasteiger partial charge in [-0.25, -0.2) is 4.79 Å². The lowest BCUT2D eigenvalue weighted by molar-refractivity contribution is 0.0466. The van der Waals surface area contributed by atoms with Gasteiger partial charge in [0.2, 0.25) is 0 Å². The standard InChI is InChI=1S/C11H21NO5S/c1-11(2,3)16-10(13)12-8-6-5-7-9(8)17-18(4,14)15/h8-9H,5-7H2,1-4H3,(H,12,13)/t8-,9-/m0/s1. The van der Waals surface area contributed by atoms with Crippen LogP contribution in [0.3, 0.4) is 0 Å².